The van der Waals surface area contributed by atoms with Gasteiger partial charge in [0.15, 0.2) is 0 Å². The van der Waals surface area contributed by atoms with Gasteiger partial charge in [0.05, 0.1) is 30.2 Å². The topological polar surface area (TPSA) is 99.5 Å². The fraction of sp³-hybridized carbons (Fsp3) is 0.333. The van der Waals surface area contributed by atoms with Crippen LogP contribution in [-0.4, -0.2) is 72.7 Å². The molecule has 2 aromatic rings. The summed E-state index contributed by atoms with van der Waals surface area (Å²) in [5, 5.41) is 14.3. The van der Waals surface area contributed by atoms with Gasteiger partial charge in [-0.1, -0.05) is 36.4 Å². The number of hydrazone groups is 1. The fourth-order valence-electron chi connectivity index (χ4n) is 3.62. The van der Waals surface area contributed by atoms with Crippen molar-refractivity contribution in [3.05, 3.63) is 65.7 Å². The number of benzene rings is 2. The number of aliphatic hydroxyl groups is 1. The number of hydrogen-bond donors (Lipinski definition) is 1. The Morgan fingerprint density at radius 1 is 1.06 bits per heavy atom. The van der Waals surface area contributed by atoms with Crippen LogP contribution in [0.5, 0.6) is 0 Å². The third-order valence-electron chi connectivity index (χ3n) is 5.43. The van der Waals surface area contributed by atoms with Crippen molar-refractivity contribution in [1.82, 2.24) is 9.31 Å². The van der Waals surface area contributed by atoms with Gasteiger partial charge in [-0.2, -0.15) is 27.6 Å². The summed E-state index contributed by atoms with van der Waals surface area (Å²) in [5.41, 5.74) is -3.74. The second-order valence-corrected chi connectivity index (χ2v) is 9.50. The number of ether oxygens (including phenoxy) is 1. The summed E-state index contributed by atoms with van der Waals surface area (Å²) in [5.74, 6) is -1.28. The van der Waals surface area contributed by atoms with Crippen molar-refractivity contribution in [2.75, 3.05) is 26.3 Å². The van der Waals surface area contributed by atoms with E-state index in [9.17, 15) is 31.5 Å². The Morgan fingerprint density at radius 2 is 1.73 bits per heavy atom. The molecule has 1 fully saturated rings. The molecule has 2 heterocycles. The molecule has 1 amide bonds. The number of rotatable bonds is 4. The number of nitrogens with zero attached hydrogens (tertiary/aromatic N) is 3. The average Bonchev–Trinajstić information content (AvgIpc) is 3.19. The minimum absolute atomic E-state index is 0.0181. The zero-order valence-electron chi connectivity index (χ0n) is 17.2. The SMILES string of the molecule is O=C(c1cccc(S(=O)(=O)N2CCOCC2)c1)N1N=C(c2ccccc2)C[C@@]1(O)C(F)(F)F. The van der Waals surface area contributed by atoms with Crippen molar-refractivity contribution in [1.29, 1.82) is 0 Å². The normalized spacial score (nSPS) is 22.3. The minimum Gasteiger partial charge on any atom is -0.379 e. The van der Waals surface area contributed by atoms with E-state index in [4.69, 9.17) is 4.74 Å². The average molecular weight is 483 g/mol. The van der Waals surface area contributed by atoms with Crippen molar-refractivity contribution < 1.29 is 36.2 Å². The van der Waals surface area contributed by atoms with Gasteiger partial charge in [-0.05, 0) is 23.8 Å². The van der Waals surface area contributed by atoms with Gasteiger partial charge in [0.25, 0.3) is 11.6 Å². The molecular formula is C21H20F3N3O5S. The lowest BCUT2D eigenvalue weighted by Crippen LogP contribution is -2.56. The predicted octanol–water partition coefficient (Wildman–Crippen LogP) is 2.21. The minimum atomic E-state index is -5.21. The molecule has 2 aliphatic rings. The van der Waals surface area contributed by atoms with Crippen LogP contribution in [0, 0.1) is 0 Å². The standard InChI is InChI=1S/C21H20F3N3O5S/c22-21(23,24)20(29)14-18(15-5-2-1-3-6-15)25-27(20)19(28)16-7-4-8-17(13-16)33(30,31)26-9-11-32-12-10-26/h1-8,13,29H,9-12,14H2/t20-/m1/s1. The number of halogens is 3. The van der Waals surface area contributed by atoms with Crippen LogP contribution in [0.1, 0.15) is 22.3 Å². The Hall–Kier alpha value is -2.80. The number of carbonyl (C=O) groups excluding carboxylic acids is 1. The van der Waals surface area contributed by atoms with E-state index in [1.807, 2.05) is 0 Å². The molecule has 2 aromatic carbocycles. The zero-order chi connectivity index (χ0) is 23.9. The summed E-state index contributed by atoms with van der Waals surface area (Å²) in [6.45, 7) is 0.652. The lowest BCUT2D eigenvalue weighted by molar-refractivity contribution is -0.297. The predicted molar refractivity (Wildman–Crippen MR) is 111 cm³/mol. The van der Waals surface area contributed by atoms with Crippen LogP contribution in [0.2, 0.25) is 0 Å². The van der Waals surface area contributed by atoms with Crippen LogP contribution >= 0.6 is 0 Å². The Bertz CT molecular complexity index is 1180. The molecule has 0 spiro atoms. The third-order valence-corrected chi connectivity index (χ3v) is 7.32. The first-order chi connectivity index (χ1) is 15.5. The van der Waals surface area contributed by atoms with Crippen molar-refractivity contribution in [2.45, 2.75) is 23.2 Å². The zero-order valence-corrected chi connectivity index (χ0v) is 18.0. The summed E-state index contributed by atoms with van der Waals surface area (Å²) in [6, 6.07) is 12.5. The first kappa shape index (κ1) is 23.4. The first-order valence-corrected chi connectivity index (χ1v) is 11.4. The van der Waals surface area contributed by atoms with Gasteiger partial charge in [-0.3, -0.25) is 4.79 Å². The number of sulfonamides is 1. The molecule has 2 aliphatic heterocycles. The highest BCUT2D eigenvalue weighted by molar-refractivity contribution is 7.89. The molecule has 176 valence electrons. The molecule has 0 aliphatic carbocycles. The van der Waals surface area contributed by atoms with Gasteiger partial charge < -0.3 is 9.84 Å². The number of morpholine rings is 1. The van der Waals surface area contributed by atoms with Crippen molar-refractivity contribution >= 4 is 21.6 Å². The molecule has 0 bridgehead atoms. The van der Waals surface area contributed by atoms with E-state index in [1.165, 1.54) is 34.6 Å². The maximum absolute atomic E-state index is 13.8. The molecule has 33 heavy (non-hydrogen) atoms. The summed E-state index contributed by atoms with van der Waals surface area (Å²) in [4.78, 5) is 12.8. The van der Waals surface area contributed by atoms with Crippen molar-refractivity contribution in [2.24, 2.45) is 5.10 Å². The van der Waals surface area contributed by atoms with E-state index in [0.29, 0.717) is 5.56 Å². The van der Waals surface area contributed by atoms with E-state index in [-0.39, 0.29) is 47.5 Å². The second kappa shape index (κ2) is 8.52. The molecule has 0 saturated carbocycles. The van der Waals surface area contributed by atoms with E-state index < -0.39 is 34.3 Å². The van der Waals surface area contributed by atoms with Gasteiger partial charge in [0.1, 0.15) is 0 Å². The van der Waals surface area contributed by atoms with Crippen LogP contribution in [0.4, 0.5) is 13.2 Å². The lowest BCUT2D eigenvalue weighted by Gasteiger charge is -2.32. The van der Waals surface area contributed by atoms with Gasteiger partial charge >= 0.3 is 6.18 Å². The highest BCUT2D eigenvalue weighted by Gasteiger charge is 2.63. The number of alkyl halides is 3. The molecule has 1 atom stereocenters. The molecule has 0 unspecified atom stereocenters. The van der Waals surface area contributed by atoms with Gasteiger partial charge in [0.2, 0.25) is 10.0 Å². The lowest BCUT2D eigenvalue weighted by atomic mass is 10.0. The first-order valence-electron chi connectivity index (χ1n) is 9.98. The summed E-state index contributed by atoms with van der Waals surface area (Å²) in [7, 11) is -3.99. The largest absolute Gasteiger partial charge is 0.438 e. The molecule has 4 rings (SSSR count). The van der Waals surface area contributed by atoms with Crippen LogP contribution in [0.25, 0.3) is 0 Å². The molecular weight excluding hydrogens is 463 g/mol. The molecule has 8 nitrogen and oxygen atoms in total. The Kier molecular flexibility index (Phi) is 6.03. The van der Waals surface area contributed by atoms with E-state index in [2.05, 4.69) is 5.10 Å². The van der Waals surface area contributed by atoms with Gasteiger partial charge in [-0.15, -0.1) is 0 Å². The van der Waals surface area contributed by atoms with Crippen LogP contribution in [-0.2, 0) is 14.8 Å². The summed E-state index contributed by atoms with van der Waals surface area (Å²) in [6.07, 6.45) is -6.17. The number of hydrogen-bond acceptors (Lipinski definition) is 6. The van der Waals surface area contributed by atoms with E-state index >= 15 is 0 Å². The Morgan fingerprint density at radius 3 is 2.36 bits per heavy atom. The quantitative estimate of drug-likeness (QED) is 0.719. The molecule has 1 saturated heterocycles. The van der Waals surface area contributed by atoms with Gasteiger partial charge in [0, 0.05) is 18.7 Å². The third kappa shape index (κ3) is 4.26. The molecule has 1 N–H and O–H groups in total. The maximum atomic E-state index is 13.8. The molecule has 12 heteroatoms. The summed E-state index contributed by atoms with van der Waals surface area (Å²) >= 11 is 0. The smallest absolute Gasteiger partial charge is 0.379 e. The Labute approximate surface area is 187 Å². The van der Waals surface area contributed by atoms with Crippen LogP contribution < -0.4 is 0 Å². The highest BCUT2D eigenvalue weighted by Crippen LogP contribution is 2.42. The Balaban J connectivity index is 1.71. The summed E-state index contributed by atoms with van der Waals surface area (Å²) < 4.78 is 73.6. The molecule has 0 aromatic heterocycles. The van der Waals surface area contributed by atoms with Gasteiger partial charge in [-0.25, -0.2) is 8.42 Å². The fourth-order valence-corrected chi connectivity index (χ4v) is 5.07. The number of amides is 1. The van der Waals surface area contributed by atoms with Crippen LogP contribution in [0.3, 0.4) is 0 Å². The number of carbonyl (C=O) groups is 1. The highest BCUT2D eigenvalue weighted by atomic mass is 32.2. The molecule has 0 radical (unpaired) electrons. The maximum Gasteiger partial charge on any atom is 0.438 e. The van der Waals surface area contributed by atoms with Crippen molar-refractivity contribution in [3.8, 4) is 0 Å². The van der Waals surface area contributed by atoms with Crippen molar-refractivity contribution in [3.63, 3.8) is 0 Å². The second-order valence-electron chi connectivity index (χ2n) is 7.57. The van der Waals surface area contributed by atoms with E-state index in [1.54, 1.807) is 18.2 Å². The monoisotopic (exact) mass is 483 g/mol. The van der Waals surface area contributed by atoms with E-state index in [0.717, 1.165) is 6.07 Å². The van der Waals surface area contributed by atoms with Crippen LogP contribution in [0.15, 0.2) is 64.6 Å².